The van der Waals surface area contributed by atoms with Crippen molar-refractivity contribution in [1.29, 1.82) is 0 Å². The molecule has 19 heavy (non-hydrogen) atoms. The molecule has 1 aliphatic carbocycles. The van der Waals surface area contributed by atoms with Crippen molar-refractivity contribution in [3.63, 3.8) is 0 Å². The molecular formula is C15H30N2O2. The lowest BCUT2D eigenvalue weighted by Gasteiger charge is -2.37. The van der Waals surface area contributed by atoms with Gasteiger partial charge in [0.25, 0.3) is 0 Å². The molecule has 1 saturated heterocycles. The van der Waals surface area contributed by atoms with E-state index in [4.69, 9.17) is 15.2 Å². The predicted molar refractivity (Wildman–Crippen MR) is 77.1 cm³/mol. The topological polar surface area (TPSA) is 47.7 Å². The Morgan fingerprint density at radius 2 is 1.79 bits per heavy atom. The zero-order chi connectivity index (χ0) is 13.8. The van der Waals surface area contributed by atoms with E-state index >= 15 is 0 Å². The zero-order valence-corrected chi connectivity index (χ0v) is 12.7. The third-order valence-corrected chi connectivity index (χ3v) is 5.08. The van der Waals surface area contributed by atoms with Crippen molar-refractivity contribution in [1.82, 2.24) is 4.90 Å². The molecule has 5 atom stereocenters. The van der Waals surface area contributed by atoms with E-state index in [1.807, 2.05) is 0 Å². The Labute approximate surface area is 117 Å². The van der Waals surface area contributed by atoms with Crippen molar-refractivity contribution in [3.8, 4) is 0 Å². The van der Waals surface area contributed by atoms with Gasteiger partial charge >= 0.3 is 0 Å². The fraction of sp³-hybridized carbons (Fsp3) is 1.00. The van der Waals surface area contributed by atoms with Crippen molar-refractivity contribution in [3.05, 3.63) is 0 Å². The van der Waals surface area contributed by atoms with Crippen molar-refractivity contribution >= 4 is 0 Å². The van der Waals surface area contributed by atoms with Crippen LogP contribution in [0.15, 0.2) is 0 Å². The van der Waals surface area contributed by atoms with Crippen molar-refractivity contribution in [2.24, 2.45) is 17.6 Å². The molecule has 112 valence electrons. The minimum absolute atomic E-state index is 0.195. The molecule has 0 aromatic heterocycles. The molecule has 0 amide bonds. The summed E-state index contributed by atoms with van der Waals surface area (Å²) in [6, 6.07) is 0.501. The summed E-state index contributed by atoms with van der Waals surface area (Å²) in [7, 11) is 3.56. The van der Waals surface area contributed by atoms with Crippen molar-refractivity contribution in [2.75, 3.05) is 33.9 Å². The molecule has 4 heteroatoms. The van der Waals surface area contributed by atoms with E-state index in [1.165, 1.54) is 25.7 Å². The van der Waals surface area contributed by atoms with Gasteiger partial charge in [0.2, 0.25) is 0 Å². The average molecular weight is 270 g/mol. The molecule has 0 spiro atoms. The standard InChI is InChI=1S/C15H30N2O2/c1-11-5-4-6-12(7-11)13(8-16)17-9-14(18-2)15(10-17)19-3/h11-15H,4-10,16H2,1-3H3. The third-order valence-electron chi connectivity index (χ3n) is 5.08. The van der Waals surface area contributed by atoms with Gasteiger partial charge in [-0.05, 0) is 24.7 Å². The third kappa shape index (κ3) is 3.48. The summed E-state index contributed by atoms with van der Waals surface area (Å²) in [5.74, 6) is 1.61. The monoisotopic (exact) mass is 270 g/mol. The summed E-state index contributed by atoms with van der Waals surface area (Å²) in [4.78, 5) is 2.50. The highest BCUT2D eigenvalue weighted by atomic mass is 16.5. The van der Waals surface area contributed by atoms with Crippen LogP contribution in [0.3, 0.4) is 0 Å². The summed E-state index contributed by atoms with van der Waals surface area (Å²) < 4.78 is 11.1. The number of hydrogen-bond acceptors (Lipinski definition) is 4. The fourth-order valence-electron chi connectivity index (χ4n) is 3.97. The summed E-state index contributed by atoms with van der Waals surface area (Å²) in [6.07, 6.45) is 5.79. The van der Waals surface area contributed by atoms with E-state index < -0.39 is 0 Å². The summed E-state index contributed by atoms with van der Waals surface area (Å²) in [5, 5.41) is 0. The number of methoxy groups -OCH3 is 2. The van der Waals surface area contributed by atoms with E-state index in [-0.39, 0.29) is 12.2 Å². The minimum Gasteiger partial charge on any atom is -0.377 e. The van der Waals surface area contributed by atoms with Crippen LogP contribution in [0, 0.1) is 11.8 Å². The van der Waals surface area contributed by atoms with Crippen LogP contribution in [-0.4, -0.2) is 57.0 Å². The highest BCUT2D eigenvalue weighted by Gasteiger charge is 2.39. The van der Waals surface area contributed by atoms with Crippen LogP contribution in [0.5, 0.6) is 0 Å². The Kier molecular flexibility index (Phi) is 5.63. The number of nitrogens with two attached hydrogens (primary N) is 1. The summed E-state index contributed by atoms with van der Waals surface area (Å²) in [5.41, 5.74) is 6.08. The SMILES string of the molecule is COC1CN(C(CN)C2CCCC(C)C2)CC1OC. The van der Waals surface area contributed by atoms with Crippen LogP contribution >= 0.6 is 0 Å². The largest absolute Gasteiger partial charge is 0.377 e. The Hall–Kier alpha value is -0.160. The lowest BCUT2D eigenvalue weighted by molar-refractivity contribution is -0.00461. The molecule has 2 N–H and O–H groups in total. The second-order valence-corrected chi connectivity index (χ2v) is 6.34. The van der Waals surface area contributed by atoms with Gasteiger partial charge in [-0.1, -0.05) is 19.8 Å². The first-order chi connectivity index (χ1) is 9.19. The highest BCUT2D eigenvalue weighted by molar-refractivity contribution is 4.93. The number of ether oxygens (including phenoxy) is 2. The Bertz CT molecular complexity index is 263. The summed E-state index contributed by atoms with van der Waals surface area (Å²) in [6.45, 7) is 5.05. The molecule has 0 aromatic carbocycles. The van der Waals surface area contributed by atoms with Crippen molar-refractivity contribution in [2.45, 2.75) is 50.9 Å². The van der Waals surface area contributed by atoms with Gasteiger partial charge in [-0.15, -0.1) is 0 Å². The fourth-order valence-corrected chi connectivity index (χ4v) is 3.97. The van der Waals surface area contributed by atoms with Crippen LogP contribution in [-0.2, 0) is 9.47 Å². The average Bonchev–Trinajstić information content (AvgIpc) is 2.83. The van der Waals surface area contributed by atoms with E-state index in [2.05, 4.69) is 11.8 Å². The maximum atomic E-state index is 6.08. The second kappa shape index (κ2) is 7.02. The second-order valence-electron chi connectivity index (χ2n) is 6.34. The number of rotatable bonds is 5. The molecule has 1 saturated carbocycles. The van der Waals surface area contributed by atoms with Crippen LogP contribution in [0.4, 0.5) is 0 Å². The lowest BCUT2D eigenvalue weighted by atomic mass is 9.78. The molecule has 2 fully saturated rings. The Morgan fingerprint density at radius 1 is 1.16 bits per heavy atom. The van der Waals surface area contributed by atoms with Gasteiger partial charge in [0.1, 0.15) is 0 Å². The van der Waals surface area contributed by atoms with E-state index in [1.54, 1.807) is 14.2 Å². The molecule has 0 aromatic rings. The van der Waals surface area contributed by atoms with E-state index in [0.717, 1.165) is 31.5 Å². The molecule has 2 aliphatic rings. The smallest absolute Gasteiger partial charge is 0.0971 e. The van der Waals surface area contributed by atoms with Gasteiger partial charge in [-0.2, -0.15) is 0 Å². The predicted octanol–water partition coefficient (Wildman–Crippen LogP) is 1.49. The van der Waals surface area contributed by atoms with Crippen LogP contribution < -0.4 is 5.73 Å². The Morgan fingerprint density at radius 3 is 2.26 bits per heavy atom. The minimum atomic E-state index is 0.195. The first-order valence-corrected chi connectivity index (χ1v) is 7.69. The normalized spacial score (nSPS) is 38.5. The molecule has 1 aliphatic heterocycles. The highest BCUT2D eigenvalue weighted by Crippen LogP contribution is 2.34. The van der Waals surface area contributed by atoms with Gasteiger partial charge < -0.3 is 15.2 Å². The van der Waals surface area contributed by atoms with Crippen molar-refractivity contribution < 1.29 is 9.47 Å². The first-order valence-electron chi connectivity index (χ1n) is 7.69. The Balaban J connectivity index is 1.98. The number of nitrogens with zero attached hydrogens (tertiary/aromatic N) is 1. The molecule has 4 nitrogen and oxygen atoms in total. The molecule has 0 bridgehead atoms. The van der Waals surface area contributed by atoms with Crippen LogP contribution in [0.2, 0.25) is 0 Å². The van der Waals surface area contributed by atoms with Gasteiger partial charge in [-0.3, -0.25) is 4.90 Å². The van der Waals surface area contributed by atoms with Gasteiger partial charge in [0, 0.05) is 39.9 Å². The molecular weight excluding hydrogens is 240 g/mol. The summed E-state index contributed by atoms with van der Waals surface area (Å²) >= 11 is 0. The molecule has 0 radical (unpaired) electrons. The molecule has 5 unspecified atom stereocenters. The quantitative estimate of drug-likeness (QED) is 0.822. The maximum Gasteiger partial charge on any atom is 0.0971 e. The first kappa shape index (κ1) is 15.2. The lowest BCUT2D eigenvalue weighted by Crippen LogP contribution is -2.46. The van der Waals surface area contributed by atoms with Crippen LogP contribution in [0.25, 0.3) is 0 Å². The molecule has 2 rings (SSSR count). The van der Waals surface area contributed by atoms with Gasteiger partial charge in [-0.25, -0.2) is 0 Å². The number of likely N-dealkylation sites (tertiary alicyclic amines) is 1. The van der Waals surface area contributed by atoms with E-state index in [0.29, 0.717) is 6.04 Å². The maximum absolute atomic E-state index is 6.08. The van der Waals surface area contributed by atoms with Crippen LogP contribution in [0.1, 0.15) is 32.6 Å². The van der Waals surface area contributed by atoms with E-state index in [9.17, 15) is 0 Å². The van der Waals surface area contributed by atoms with Gasteiger partial charge in [0.15, 0.2) is 0 Å². The zero-order valence-electron chi connectivity index (χ0n) is 12.7. The molecule has 1 heterocycles. The van der Waals surface area contributed by atoms with Gasteiger partial charge in [0.05, 0.1) is 12.2 Å². The number of hydrogen-bond donors (Lipinski definition) is 1.